The quantitative estimate of drug-likeness (QED) is 0.287. The lowest BCUT2D eigenvalue weighted by Gasteiger charge is -2.12. The summed E-state index contributed by atoms with van der Waals surface area (Å²) in [6.45, 7) is 5.65. The summed E-state index contributed by atoms with van der Waals surface area (Å²) in [7, 11) is 1.51. The SMILES string of the molecule is C=CCOc1c(Br)cc(/C=C2\SC(=NC(=O)c3ccccc3Cl)C(C(=O)OCC)=C2O)cc1OC. The van der Waals surface area contributed by atoms with Gasteiger partial charge in [0, 0.05) is 0 Å². The van der Waals surface area contributed by atoms with Gasteiger partial charge in [0.1, 0.15) is 23.0 Å². The summed E-state index contributed by atoms with van der Waals surface area (Å²) in [5.41, 5.74) is 0.613. The Morgan fingerprint density at radius 1 is 1.29 bits per heavy atom. The van der Waals surface area contributed by atoms with E-state index in [2.05, 4.69) is 27.5 Å². The third kappa shape index (κ3) is 6.17. The molecule has 0 atom stereocenters. The van der Waals surface area contributed by atoms with Crippen molar-refractivity contribution in [3.05, 3.63) is 85.9 Å². The Morgan fingerprint density at radius 2 is 2.03 bits per heavy atom. The number of hydrogen-bond acceptors (Lipinski definition) is 7. The number of thioether (sulfide) groups is 1. The molecule has 0 fully saturated rings. The predicted octanol–water partition coefficient (Wildman–Crippen LogP) is 6.38. The fraction of sp³-hybridized carbons (Fsp3) is 0.160. The molecule has 0 spiro atoms. The number of carbonyl (C=O) groups excluding carboxylic acids is 2. The molecule has 0 saturated heterocycles. The van der Waals surface area contributed by atoms with Crippen LogP contribution in [0.25, 0.3) is 6.08 Å². The second-order valence-corrected chi connectivity index (χ2v) is 9.18. The molecule has 1 heterocycles. The number of methoxy groups -OCH3 is 1. The van der Waals surface area contributed by atoms with Crippen LogP contribution in [0.4, 0.5) is 0 Å². The molecule has 0 radical (unpaired) electrons. The highest BCUT2D eigenvalue weighted by Gasteiger charge is 2.34. The van der Waals surface area contributed by atoms with Crippen molar-refractivity contribution in [1.82, 2.24) is 0 Å². The van der Waals surface area contributed by atoms with Crippen molar-refractivity contribution in [2.24, 2.45) is 4.99 Å². The van der Waals surface area contributed by atoms with Gasteiger partial charge in [-0.15, -0.1) is 0 Å². The van der Waals surface area contributed by atoms with Crippen LogP contribution in [0.1, 0.15) is 22.8 Å². The maximum absolute atomic E-state index is 12.8. The number of benzene rings is 2. The average molecular weight is 579 g/mol. The Morgan fingerprint density at radius 3 is 2.69 bits per heavy atom. The minimum atomic E-state index is -0.793. The van der Waals surface area contributed by atoms with E-state index >= 15 is 0 Å². The Balaban J connectivity index is 2.04. The third-order valence-corrected chi connectivity index (χ3v) is 6.51. The first kappa shape index (κ1) is 26.6. The van der Waals surface area contributed by atoms with E-state index in [1.807, 2.05) is 0 Å². The van der Waals surface area contributed by atoms with Crippen molar-refractivity contribution >= 4 is 62.3 Å². The van der Waals surface area contributed by atoms with Crippen LogP contribution in [0.5, 0.6) is 11.5 Å². The van der Waals surface area contributed by atoms with Crippen LogP contribution in [-0.4, -0.2) is 42.4 Å². The summed E-state index contributed by atoms with van der Waals surface area (Å²) in [6.07, 6.45) is 3.24. The molecule has 1 aliphatic heterocycles. The molecule has 1 N–H and O–H groups in total. The number of ether oxygens (including phenoxy) is 3. The molecular formula is C25H21BrClNO6S. The Hall–Kier alpha value is -3.01. The van der Waals surface area contributed by atoms with Crippen LogP contribution in [0.3, 0.4) is 0 Å². The topological polar surface area (TPSA) is 94.4 Å². The first-order chi connectivity index (χ1) is 16.8. The largest absolute Gasteiger partial charge is 0.506 e. The molecule has 7 nitrogen and oxygen atoms in total. The first-order valence-electron chi connectivity index (χ1n) is 10.3. The standard InChI is InChI=1S/C25H21BrClNO6S/c1-4-10-34-22-16(26)11-14(12-18(22)32-3)13-19-21(29)20(25(31)33-5-2)24(35-19)28-23(30)15-8-6-7-9-17(15)27/h4,6-9,11-13,29H,1,5,10H2,2-3H3/b19-13-,28-24?. The number of aliphatic imine (C=N–C) groups is 1. The number of hydrogen-bond donors (Lipinski definition) is 1. The molecule has 182 valence electrons. The van der Waals surface area contributed by atoms with Crippen LogP contribution >= 0.6 is 39.3 Å². The molecule has 0 aliphatic carbocycles. The van der Waals surface area contributed by atoms with Gasteiger partial charge in [0.25, 0.3) is 5.91 Å². The van der Waals surface area contributed by atoms with Crippen molar-refractivity contribution in [1.29, 1.82) is 0 Å². The molecule has 1 aliphatic rings. The maximum atomic E-state index is 12.8. The normalized spacial score (nSPS) is 15.4. The molecule has 0 saturated carbocycles. The molecule has 2 aromatic carbocycles. The average Bonchev–Trinajstić information content (AvgIpc) is 3.12. The minimum absolute atomic E-state index is 0.00841. The third-order valence-electron chi connectivity index (χ3n) is 4.57. The molecule has 0 unspecified atom stereocenters. The second kappa shape index (κ2) is 12.1. The van der Waals surface area contributed by atoms with Gasteiger partial charge in [-0.05, 0) is 58.8 Å². The highest BCUT2D eigenvalue weighted by molar-refractivity contribution is 9.10. The molecule has 10 heteroatoms. The van der Waals surface area contributed by atoms with E-state index in [0.29, 0.717) is 26.4 Å². The van der Waals surface area contributed by atoms with E-state index < -0.39 is 11.9 Å². The van der Waals surface area contributed by atoms with E-state index in [4.69, 9.17) is 25.8 Å². The van der Waals surface area contributed by atoms with Crippen LogP contribution in [0, 0.1) is 0 Å². The highest BCUT2D eigenvalue weighted by Crippen LogP contribution is 2.42. The summed E-state index contributed by atoms with van der Waals surface area (Å²) in [5.74, 6) is -0.844. The zero-order valence-corrected chi connectivity index (χ0v) is 22.0. The highest BCUT2D eigenvalue weighted by atomic mass is 79.9. The van der Waals surface area contributed by atoms with Crippen molar-refractivity contribution in [3.63, 3.8) is 0 Å². The van der Waals surface area contributed by atoms with Crippen LogP contribution in [0.2, 0.25) is 5.02 Å². The Labute approximate surface area is 220 Å². The first-order valence-corrected chi connectivity index (χ1v) is 12.3. The summed E-state index contributed by atoms with van der Waals surface area (Å²) in [6, 6.07) is 9.90. The molecule has 3 rings (SSSR count). The van der Waals surface area contributed by atoms with Gasteiger partial charge in [0.05, 0.1) is 33.7 Å². The monoisotopic (exact) mass is 577 g/mol. The maximum Gasteiger partial charge on any atom is 0.344 e. The minimum Gasteiger partial charge on any atom is -0.506 e. The van der Waals surface area contributed by atoms with Gasteiger partial charge in [-0.2, -0.15) is 0 Å². The van der Waals surface area contributed by atoms with Crippen LogP contribution in [0.15, 0.2) is 74.8 Å². The van der Waals surface area contributed by atoms with Gasteiger partial charge in [-0.1, -0.05) is 48.2 Å². The Bertz CT molecular complexity index is 1270. The van der Waals surface area contributed by atoms with E-state index in [0.717, 1.165) is 11.8 Å². The number of aliphatic hydroxyl groups is 1. The van der Waals surface area contributed by atoms with Gasteiger partial charge < -0.3 is 19.3 Å². The number of carbonyl (C=O) groups is 2. The van der Waals surface area contributed by atoms with Crippen LogP contribution in [-0.2, 0) is 9.53 Å². The zero-order valence-electron chi connectivity index (χ0n) is 18.8. The van der Waals surface area contributed by atoms with E-state index in [9.17, 15) is 14.7 Å². The lowest BCUT2D eigenvalue weighted by molar-refractivity contribution is -0.138. The summed E-state index contributed by atoms with van der Waals surface area (Å²) in [5, 5.41) is 11.1. The van der Waals surface area contributed by atoms with Gasteiger partial charge in [-0.25, -0.2) is 9.79 Å². The van der Waals surface area contributed by atoms with Crippen molar-refractivity contribution in [3.8, 4) is 11.5 Å². The fourth-order valence-electron chi connectivity index (χ4n) is 3.04. The van der Waals surface area contributed by atoms with E-state index in [-0.39, 0.29) is 40.2 Å². The molecular weight excluding hydrogens is 558 g/mol. The van der Waals surface area contributed by atoms with Crippen LogP contribution < -0.4 is 9.47 Å². The molecule has 2 aromatic rings. The number of halogens is 2. The predicted molar refractivity (Wildman–Crippen MR) is 141 cm³/mol. The summed E-state index contributed by atoms with van der Waals surface area (Å²) >= 11 is 10.5. The van der Waals surface area contributed by atoms with E-state index in [1.54, 1.807) is 49.4 Å². The molecule has 35 heavy (non-hydrogen) atoms. The number of amides is 1. The molecule has 1 amide bonds. The number of aliphatic hydroxyl groups excluding tert-OH is 1. The Kier molecular flexibility index (Phi) is 9.20. The number of rotatable bonds is 8. The summed E-state index contributed by atoms with van der Waals surface area (Å²) < 4.78 is 16.8. The van der Waals surface area contributed by atoms with Crippen molar-refractivity contribution in [2.75, 3.05) is 20.3 Å². The van der Waals surface area contributed by atoms with Gasteiger partial charge in [0.2, 0.25) is 0 Å². The smallest absolute Gasteiger partial charge is 0.344 e. The van der Waals surface area contributed by atoms with E-state index in [1.165, 1.54) is 13.2 Å². The zero-order chi connectivity index (χ0) is 25.5. The fourth-order valence-corrected chi connectivity index (χ4v) is 4.84. The lowest BCUT2D eigenvalue weighted by Crippen LogP contribution is -2.14. The lowest BCUT2D eigenvalue weighted by atomic mass is 10.1. The number of nitrogens with zero attached hydrogens (tertiary/aromatic N) is 1. The van der Waals surface area contributed by atoms with Crippen molar-refractivity contribution < 1.29 is 28.9 Å². The van der Waals surface area contributed by atoms with Gasteiger partial charge in [0.15, 0.2) is 11.5 Å². The molecule has 0 aromatic heterocycles. The van der Waals surface area contributed by atoms with Crippen molar-refractivity contribution in [2.45, 2.75) is 6.92 Å². The van der Waals surface area contributed by atoms with Gasteiger partial charge in [-0.3, -0.25) is 4.79 Å². The number of esters is 1. The summed E-state index contributed by atoms with van der Waals surface area (Å²) in [4.78, 5) is 29.7. The molecule has 0 bridgehead atoms. The second-order valence-electron chi connectivity index (χ2n) is 6.89. The van der Waals surface area contributed by atoms with Gasteiger partial charge >= 0.3 is 5.97 Å².